The Kier molecular flexibility index (Phi) is 4.11. The highest BCUT2D eigenvalue weighted by atomic mass is 79.9. The Morgan fingerprint density at radius 3 is 2.83 bits per heavy atom. The van der Waals surface area contributed by atoms with Crippen LogP contribution in [-0.4, -0.2) is 25.1 Å². The summed E-state index contributed by atoms with van der Waals surface area (Å²) >= 11 is 3.54. The van der Waals surface area contributed by atoms with Crippen molar-refractivity contribution in [1.29, 1.82) is 0 Å². The molecule has 0 amide bonds. The minimum absolute atomic E-state index is 0.236. The van der Waals surface area contributed by atoms with Gasteiger partial charge in [-0.1, -0.05) is 47.1 Å². The van der Waals surface area contributed by atoms with Gasteiger partial charge in [0.2, 0.25) is 5.89 Å². The van der Waals surface area contributed by atoms with Crippen LogP contribution in [0.4, 0.5) is 0 Å². The van der Waals surface area contributed by atoms with Gasteiger partial charge >= 0.3 is 0 Å². The highest BCUT2D eigenvalue weighted by Gasteiger charge is 2.13. The van der Waals surface area contributed by atoms with Gasteiger partial charge in [-0.3, -0.25) is 0 Å². The van der Waals surface area contributed by atoms with Crippen LogP contribution in [0.5, 0.6) is 0 Å². The monoisotopic (exact) mass is 313 g/mol. The Morgan fingerprint density at radius 1 is 1.44 bits per heavy atom. The lowest BCUT2D eigenvalue weighted by atomic mass is 10.2. The molecule has 2 aromatic rings. The first-order valence-corrected chi connectivity index (χ1v) is 6.88. The molecule has 0 aliphatic carbocycles. The molecule has 0 saturated heterocycles. The van der Waals surface area contributed by atoms with Crippen LogP contribution < -0.4 is 0 Å². The molecular formula is C11H16BrN5O. The summed E-state index contributed by atoms with van der Waals surface area (Å²) in [5.74, 6) is 1.54. The van der Waals surface area contributed by atoms with E-state index < -0.39 is 0 Å². The van der Waals surface area contributed by atoms with Gasteiger partial charge in [-0.2, -0.15) is 4.98 Å². The van der Waals surface area contributed by atoms with Crippen molar-refractivity contribution in [2.24, 2.45) is 0 Å². The number of rotatable bonds is 5. The third kappa shape index (κ3) is 2.95. The molecule has 6 nitrogen and oxygen atoms in total. The van der Waals surface area contributed by atoms with Crippen LogP contribution in [0.1, 0.15) is 55.3 Å². The van der Waals surface area contributed by atoms with Crippen LogP contribution in [0, 0.1) is 0 Å². The Hall–Kier alpha value is -1.24. The summed E-state index contributed by atoms with van der Waals surface area (Å²) in [7, 11) is 0. The van der Waals surface area contributed by atoms with Gasteiger partial charge in [-0.25, -0.2) is 4.68 Å². The fraction of sp³-hybridized carbons (Fsp3) is 0.636. The third-order valence-corrected chi connectivity index (χ3v) is 3.65. The van der Waals surface area contributed by atoms with Crippen LogP contribution in [-0.2, 0) is 6.54 Å². The van der Waals surface area contributed by atoms with Gasteiger partial charge in [0.25, 0.3) is 0 Å². The number of hydrogen-bond donors (Lipinski definition) is 0. The first kappa shape index (κ1) is 13.2. The highest BCUT2D eigenvalue weighted by Crippen LogP contribution is 2.23. The summed E-state index contributed by atoms with van der Waals surface area (Å²) in [5, 5.41) is 12.1. The van der Waals surface area contributed by atoms with E-state index in [-0.39, 0.29) is 10.7 Å². The number of nitrogens with zero attached hydrogens (tertiary/aromatic N) is 5. The molecule has 0 N–H and O–H groups in total. The minimum atomic E-state index is 0.236. The smallest absolute Gasteiger partial charge is 0.248 e. The van der Waals surface area contributed by atoms with E-state index in [1.165, 1.54) is 0 Å². The predicted molar refractivity (Wildman–Crippen MR) is 69.5 cm³/mol. The maximum absolute atomic E-state index is 5.16. The normalized spacial score (nSPS) is 13.2. The number of halogens is 1. The van der Waals surface area contributed by atoms with Crippen LogP contribution in [0.3, 0.4) is 0 Å². The van der Waals surface area contributed by atoms with Crippen molar-refractivity contribution in [1.82, 2.24) is 25.1 Å². The van der Waals surface area contributed by atoms with Crippen molar-refractivity contribution < 1.29 is 4.52 Å². The number of aromatic nitrogens is 5. The summed E-state index contributed by atoms with van der Waals surface area (Å²) < 4.78 is 6.87. The van der Waals surface area contributed by atoms with Gasteiger partial charge in [-0.05, 0) is 6.42 Å². The molecule has 0 aromatic carbocycles. The van der Waals surface area contributed by atoms with Gasteiger partial charge in [0.1, 0.15) is 6.54 Å². The topological polar surface area (TPSA) is 69.6 Å². The zero-order valence-corrected chi connectivity index (χ0v) is 12.3. The molecular weight excluding hydrogens is 298 g/mol. The quantitative estimate of drug-likeness (QED) is 0.794. The summed E-state index contributed by atoms with van der Waals surface area (Å²) in [6.45, 7) is 6.60. The lowest BCUT2D eigenvalue weighted by Gasteiger charge is -1.98. The van der Waals surface area contributed by atoms with E-state index >= 15 is 0 Å². The van der Waals surface area contributed by atoms with Crippen molar-refractivity contribution in [3.05, 3.63) is 23.6 Å². The first-order chi connectivity index (χ1) is 8.60. The molecule has 1 atom stereocenters. The van der Waals surface area contributed by atoms with Crippen molar-refractivity contribution in [3.8, 4) is 0 Å². The Bertz CT molecular complexity index is 507. The van der Waals surface area contributed by atoms with Gasteiger partial charge in [0, 0.05) is 5.92 Å². The molecule has 2 aromatic heterocycles. The van der Waals surface area contributed by atoms with Crippen LogP contribution in [0.15, 0.2) is 10.7 Å². The SMILES string of the molecule is CCC(Br)c1cn(Cc2nc(C(C)C)no2)nn1. The average molecular weight is 314 g/mol. The highest BCUT2D eigenvalue weighted by molar-refractivity contribution is 9.09. The van der Waals surface area contributed by atoms with E-state index in [0.29, 0.717) is 12.4 Å². The average Bonchev–Trinajstić information content (AvgIpc) is 2.98. The molecule has 7 heteroatoms. The van der Waals surface area contributed by atoms with E-state index in [0.717, 1.165) is 17.9 Å². The summed E-state index contributed by atoms with van der Waals surface area (Å²) in [6.07, 6.45) is 2.86. The Morgan fingerprint density at radius 2 is 2.22 bits per heavy atom. The minimum Gasteiger partial charge on any atom is -0.337 e. The van der Waals surface area contributed by atoms with E-state index in [4.69, 9.17) is 4.52 Å². The van der Waals surface area contributed by atoms with Gasteiger partial charge < -0.3 is 4.52 Å². The molecule has 98 valence electrons. The van der Waals surface area contributed by atoms with Gasteiger partial charge in [0.15, 0.2) is 5.82 Å². The zero-order chi connectivity index (χ0) is 13.1. The molecule has 1 unspecified atom stereocenters. The molecule has 2 heterocycles. The molecule has 0 aliphatic rings. The number of alkyl halides is 1. The maximum atomic E-state index is 5.16. The van der Waals surface area contributed by atoms with Crippen LogP contribution in [0.25, 0.3) is 0 Å². The number of hydrogen-bond acceptors (Lipinski definition) is 5. The molecule has 0 aliphatic heterocycles. The molecule has 0 saturated carbocycles. The predicted octanol–water partition coefficient (Wildman–Crippen LogP) is 2.68. The van der Waals surface area contributed by atoms with Gasteiger partial charge in [-0.15, -0.1) is 5.10 Å². The van der Waals surface area contributed by atoms with Crippen molar-refractivity contribution in [2.45, 2.75) is 44.5 Å². The molecule has 2 rings (SSSR count). The van der Waals surface area contributed by atoms with Crippen molar-refractivity contribution in [3.63, 3.8) is 0 Å². The van der Waals surface area contributed by atoms with Crippen LogP contribution >= 0.6 is 15.9 Å². The van der Waals surface area contributed by atoms with E-state index in [1.54, 1.807) is 4.68 Å². The standard InChI is InChI=1S/C11H16BrN5O/c1-4-8(12)9-5-17(16-14-9)6-10-13-11(7(2)3)15-18-10/h5,7-8H,4,6H2,1-3H3. The van der Waals surface area contributed by atoms with Crippen molar-refractivity contribution in [2.75, 3.05) is 0 Å². The second-order valence-corrected chi connectivity index (χ2v) is 5.52. The molecule has 0 spiro atoms. The molecule has 0 radical (unpaired) electrons. The Balaban J connectivity index is 2.06. The van der Waals surface area contributed by atoms with E-state index in [2.05, 4.69) is 43.3 Å². The molecule has 0 fully saturated rings. The summed E-state index contributed by atoms with van der Waals surface area (Å²) in [6, 6.07) is 0. The lowest BCUT2D eigenvalue weighted by Crippen LogP contribution is -2.01. The largest absolute Gasteiger partial charge is 0.337 e. The lowest BCUT2D eigenvalue weighted by molar-refractivity contribution is 0.358. The maximum Gasteiger partial charge on any atom is 0.248 e. The second kappa shape index (κ2) is 5.60. The van der Waals surface area contributed by atoms with Crippen molar-refractivity contribution >= 4 is 15.9 Å². The molecule has 0 bridgehead atoms. The summed E-state index contributed by atoms with van der Waals surface area (Å²) in [4.78, 5) is 4.54. The summed E-state index contributed by atoms with van der Waals surface area (Å²) in [5.41, 5.74) is 0.918. The third-order valence-electron chi connectivity index (χ3n) is 2.53. The van der Waals surface area contributed by atoms with Gasteiger partial charge in [0.05, 0.1) is 16.7 Å². The zero-order valence-electron chi connectivity index (χ0n) is 10.7. The molecule has 18 heavy (non-hydrogen) atoms. The Labute approximate surface area is 114 Å². The second-order valence-electron chi connectivity index (χ2n) is 4.42. The van der Waals surface area contributed by atoms with E-state index in [9.17, 15) is 0 Å². The first-order valence-electron chi connectivity index (χ1n) is 5.96. The van der Waals surface area contributed by atoms with Crippen LogP contribution in [0.2, 0.25) is 0 Å². The fourth-order valence-electron chi connectivity index (χ4n) is 1.45. The van der Waals surface area contributed by atoms with E-state index in [1.807, 2.05) is 20.0 Å². The fourth-order valence-corrected chi connectivity index (χ4v) is 1.66.